The number of rotatable bonds is 6. The fourth-order valence-electron chi connectivity index (χ4n) is 8.04. The molecule has 0 amide bonds. The van der Waals surface area contributed by atoms with Crippen LogP contribution in [0.15, 0.2) is 60.5 Å². The third-order valence-corrected chi connectivity index (χ3v) is 11.3. The number of aliphatic hydroxyl groups is 1. The van der Waals surface area contributed by atoms with Crippen molar-refractivity contribution in [1.29, 1.82) is 0 Å². The van der Waals surface area contributed by atoms with Crippen molar-refractivity contribution in [1.82, 2.24) is 4.98 Å². The van der Waals surface area contributed by atoms with E-state index in [0.29, 0.717) is 5.92 Å². The van der Waals surface area contributed by atoms with Crippen LogP contribution in [0.5, 0.6) is 5.75 Å². The van der Waals surface area contributed by atoms with Crippen molar-refractivity contribution in [3.8, 4) is 28.1 Å². The summed E-state index contributed by atoms with van der Waals surface area (Å²) in [6, 6.07) is 19.8. The van der Waals surface area contributed by atoms with Crippen molar-refractivity contribution in [2.45, 2.75) is 99.8 Å². The molecule has 0 fully saturated rings. The summed E-state index contributed by atoms with van der Waals surface area (Å²) in [6.07, 6.45) is 3.30. The van der Waals surface area contributed by atoms with Crippen LogP contribution >= 0.6 is 0 Å². The van der Waals surface area contributed by atoms with Gasteiger partial charge in [-0.1, -0.05) is 95.2 Å². The Balaban J connectivity index is 0.000000367. The molecule has 5 heteroatoms. The Morgan fingerprint density at radius 1 is 0.804 bits per heavy atom. The molecule has 0 saturated heterocycles. The summed E-state index contributed by atoms with van der Waals surface area (Å²) in [5.74, 6) is 1.56. The van der Waals surface area contributed by atoms with Gasteiger partial charge in [-0.05, 0) is 90.8 Å². The minimum atomic E-state index is -0.115. The summed E-state index contributed by atoms with van der Waals surface area (Å²) in [7, 11) is 1.78. The number of nitrogens with zero attached hydrogens (tertiary/aromatic N) is 1. The molecule has 2 aliphatic rings. The quantitative estimate of drug-likeness (QED) is 0.0800. The van der Waals surface area contributed by atoms with Crippen LogP contribution in [-0.4, -0.2) is 23.0 Å². The van der Waals surface area contributed by atoms with E-state index in [-0.39, 0.29) is 54.3 Å². The number of carbonyl (C=O) groups excluding carboxylic acids is 1. The van der Waals surface area contributed by atoms with Crippen molar-refractivity contribution >= 4 is 27.3 Å². The average Bonchev–Trinajstić information content (AvgIpc) is 3.44. The first kappa shape index (κ1) is 38.4. The smallest absolute Gasteiger partial charge is 0.161 e. The Kier molecular flexibility index (Phi) is 10.3. The zero-order valence-electron chi connectivity index (χ0n) is 32.5. The van der Waals surface area contributed by atoms with E-state index >= 15 is 0 Å². The maximum atomic E-state index is 11.0. The van der Waals surface area contributed by atoms with Gasteiger partial charge in [0.15, 0.2) is 5.78 Å². The van der Waals surface area contributed by atoms with Gasteiger partial charge in [0.05, 0.1) is 12.9 Å². The van der Waals surface area contributed by atoms with Gasteiger partial charge in [0.2, 0.25) is 0 Å². The first-order valence-electron chi connectivity index (χ1n) is 18.0. The second-order valence-electron chi connectivity index (χ2n) is 16.3. The van der Waals surface area contributed by atoms with Crippen LogP contribution in [-0.2, 0) is 35.7 Å². The van der Waals surface area contributed by atoms with Crippen LogP contribution in [0, 0.1) is 31.7 Å². The SMILES string of the molecule is CC(C)C(=O)/C=C(\O)C(C)C.COc1cc2c3c(c1)C(C)(C)c1c-3c(cc3c1ccc1c(-c4[c-]c(C)c(C)c(C(C)C)c4)nccc13)C2(C)C.[Ir]. The molecule has 4 aromatic carbocycles. The topological polar surface area (TPSA) is 59.4 Å². The predicted molar refractivity (Wildman–Crippen MR) is 209 cm³/mol. The summed E-state index contributed by atoms with van der Waals surface area (Å²) in [6.45, 7) is 25.7. The molecule has 0 unspecified atom stereocenters. The van der Waals surface area contributed by atoms with Crippen LogP contribution in [0.3, 0.4) is 0 Å². The molecule has 0 spiro atoms. The summed E-state index contributed by atoms with van der Waals surface area (Å²) in [5, 5.41) is 14.3. The second kappa shape index (κ2) is 13.6. The molecule has 2 aliphatic carbocycles. The van der Waals surface area contributed by atoms with Crippen LogP contribution in [0.25, 0.3) is 43.9 Å². The summed E-state index contributed by atoms with van der Waals surface area (Å²) in [4.78, 5) is 16.0. The maximum absolute atomic E-state index is 11.0. The molecule has 1 radical (unpaired) electrons. The van der Waals surface area contributed by atoms with Gasteiger partial charge in [-0.15, -0.1) is 34.4 Å². The van der Waals surface area contributed by atoms with Crippen molar-refractivity contribution in [2.75, 3.05) is 7.11 Å². The minimum Gasteiger partial charge on any atom is -0.512 e. The van der Waals surface area contributed by atoms with Crippen molar-refractivity contribution in [3.05, 3.63) is 106 Å². The molecule has 0 bridgehead atoms. The third kappa shape index (κ3) is 6.15. The van der Waals surface area contributed by atoms with Gasteiger partial charge < -0.3 is 14.8 Å². The van der Waals surface area contributed by atoms with Gasteiger partial charge in [0.1, 0.15) is 5.75 Å². The van der Waals surface area contributed by atoms with E-state index in [2.05, 4.69) is 104 Å². The number of carbonyl (C=O) groups is 1. The third-order valence-electron chi connectivity index (χ3n) is 11.3. The first-order valence-corrected chi connectivity index (χ1v) is 18.0. The Hall–Kier alpha value is -3.79. The Morgan fingerprint density at radius 2 is 1.41 bits per heavy atom. The largest absolute Gasteiger partial charge is 0.512 e. The molecule has 269 valence electrons. The number of aliphatic hydroxyl groups excluding tert-OH is 1. The van der Waals surface area contributed by atoms with Crippen LogP contribution < -0.4 is 4.74 Å². The van der Waals surface area contributed by atoms with Crippen LogP contribution in [0.1, 0.15) is 114 Å². The van der Waals surface area contributed by atoms with E-state index in [1.165, 1.54) is 77.7 Å². The van der Waals surface area contributed by atoms with E-state index in [1.54, 1.807) is 7.11 Å². The molecule has 1 aromatic heterocycles. The molecule has 5 aromatic rings. The number of benzene rings is 4. The zero-order valence-corrected chi connectivity index (χ0v) is 34.9. The van der Waals surface area contributed by atoms with E-state index in [9.17, 15) is 9.90 Å². The number of hydrogen-bond acceptors (Lipinski definition) is 4. The summed E-state index contributed by atoms with van der Waals surface area (Å²) < 4.78 is 5.78. The van der Waals surface area contributed by atoms with Crippen LogP contribution in [0.4, 0.5) is 0 Å². The molecular weight excluding hydrogens is 807 g/mol. The van der Waals surface area contributed by atoms with Gasteiger partial charge in [-0.3, -0.25) is 4.79 Å². The number of fused-ring (bicyclic) bond motifs is 4. The summed E-state index contributed by atoms with van der Waals surface area (Å²) in [5.41, 5.74) is 14.3. The van der Waals surface area contributed by atoms with E-state index in [4.69, 9.17) is 9.72 Å². The molecule has 4 nitrogen and oxygen atoms in total. The molecular formula is C46H52IrNO3-. The fraction of sp³-hybridized carbons (Fsp3) is 0.391. The number of aromatic nitrogens is 1. The van der Waals surface area contributed by atoms with Gasteiger partial charge in [0.25, 0.3) is 0 Å². The Morgan fingerprint density at radius 3 is 2.00 bits per heavy atom. The molecule has 1 heterocycles. The number of hydrogen-bond donors (Lipinski definition) is 1. The van der Waals surface area contributed by atoms with Gasteiger partial charge in [-0.25, -0.2) is 0 Å². The number of pyridine rings is 1. The normalized spacial score (nSPS) is 14.9. The molecule has 7 rings (SSSR count). The monoisotopic (exact) mass is 859 g/mol. The van der Waals surface area contributed by atoms with Crippen LogP contribution in [0.2, 0.25) is 0 Å². The maximum Gasteiger partial charge on any atom is 0.161 e. The minimum absolute atomic E-state index is 0. The molecule has 0 saturated carbocycles. The van der Waals surface area contributed by atoms with Crippen molar-refractivity contribution in [2.24, 2.45) is 11.8 Å². The van der Waals surface area contributed by atoms with Gasteiger partial charge >= 0.3 is 0 Å². The first-order chi connectivity index (χ1) is 23.4. The summed E-state index contributed by atoms with van der Waals surface area (Å²) >= 11 is 0. The fourth-order valence-corrected chi connectivity index (χ4v) is 8.04. The molecule has 0 aliphatic heterocycles. The van der Waals surface area contributed by atoms with Gasteiger partial charge in [-0.2, -0.15) is 0 Å². The second-order valence-corrected chi connectivity index (χ2v) is 16.3. The number of aryl methyl sites for hydroxylation is 1. The number of ketones is 1. The van der Waals surface area contributed by atoms with Crippen molar-refractivity contribution in [3.63, 3.8) is 0 Å². The standard InChI is InChI=1S/C37H36NO.C9H16O2.Ir/c1-19(2)27-15-22(14-20(3)21(27)4)35-26-11-10-25-28(24(26)12-13-38-35)18-31-33-32-29(36(31,5)6)16-23(39-9)17-30(32)37(7,8)34(25)33;1-6(2)8(10)5-9(11)7(3)4;/h10-13,15-19H,1-9H3;5-7,10H,1-4H3;/q-1;;/b;8-5-;. The molecule has 1 N–H and O–H groups in total. The van der Waals surface area contributed by atoms with Crippen molar-refractivity contribution < 1.29 is 34.7 Å². The zero-order chi connectivity index (χ0) is 36.6. The Labute approximate surface area is 318 Å². The van der Waals surface area contributed by atoms with E-state index in [0.717, 1.165) is 17.0 Å². The average molecular weight is 859 g/mol. The predicted octanol–water partition coefficient (Wildman–Crippen LogP) is 11.9. The number of ether oxygens (including phenoxy) is 1. The number of allylic oxidation sites excluding steroid dienone is 2. The molecule has 51 heavy (non-hydrogen) atoms. The van der Waals surface area contributed by atoms with E-state index < -0.39 is 0 Å². The van der Waals surface area contributed by atoms with E-state index in [1.807, 2.05) is 33.9 Å². The number of methoxy groups -OCH3 is 1. The molecule has 0 atom stereocenters. The Bertz CT molecular complexity index is 2240. The van der Waals surface area contributed by atoms with Gasteiger partial charge in [0, 0.05) is 55.0 Å².